The van der Waals surface area contributed by atoms with Gasteiger partial charge in [-0.15, -0.1) is 0 Å². The summed E-state index contributed by atoms with van der Waals surface area (Å²) < 4.78 is 10.0. The number of hydrogen-bond donors (Lipinski definition) is 0. The van der Waals surface area contributed by atoms with Gasteiger partial charge in [-0.1, -0.05) is 52.4 Å². The molecule has 0 radical (unpaired) electrons. The van der Waals surface area contributed by atoms with Crippen molar-refractivity contribution in [3.63, 3.8) is 0 Å². The Hall–Kier alpha value is -0.890. The first-order valence-electron chi connectivity index (χ1n) is 10.6. The Balaban J connectivity index is 4.08. The Morgan fingerprint density at radius 3 is 1.39 bits per heavy atom. The summed E-state index contributed by atoms with van der Waals surface area (Å²) in [5.41, 5.74) is -0.908. The minimum absolute atomic E-state index is 0.454. The smallest absolute Gasteiger partial charge is 0.402 e. The highest BCUT2D eigenvalue weighted by Crippen LogP contribution is 2.21. The van der Waals surface area contributed by atoms with E-state index in [1.165, 1.54) is 0 Å². The molecule has 0 saturated carbocycles. The summed E-state index contributed by atoms with van der Waals surface area (Å²) in [6.07, 6.45) is 5.64. The molecule has 0 bridgehead atoms. The first-order chi connectivity index (χ1) is 13.0. The van der Waals surface area contributed by atoms with Crippen molar-refractivity contribution in [2.24, 2.45) is 0 Å². The van der Waals surface area contributed by atoms with Gasteiger partial charge in [0, 0.05) is 13.8 Å². The summed E-state index contributed by atoms with van der Waals surface area (Å²) in [4.78, 5) is 32.9. The molecule has 0 saturated heterocycles. The molecule has 0 rings (SSSR count). The summed E-state index contributed by atoms with van der Waals surface area (Å²) in [5, 5.41) is 0. The van der Waals surface area contributed by atoms with Crippen LogP contribution in [0.4, 0.5) is 4.79 Å². The molecule has 0 aromatic heterocycles. The van der Waals surface area contributed by atoms with E-state index in [4.69, 9.17) is 29.0 Å². The highest BCUT2D eigenvalue weighted by Gasteiger charge is 2.24. The highest BCUT2D eigenvalue weighted by atomic mass is 17.2. The van der Waals surface area contributed by atoms with E-state index in [0.717, 1.165) is 51.4 Å². The standard InChI is InChI=1S/C21H42O7/c1-9-11-13-15-20(5,6)27-25-17(3)23-19(22)24-18(4)26-28-21(7,8)16-14-12-10-2/h17-18H,9-16H2,1-8H3. The number of carbonyl (C=O) groups is 1. The van der Waals surface area contributed by atoms with E-state index in [1.807, 2.05) is 27.7 Å². The second-order valence-electron chi connectivity index (χ2n) is 8.41. The van der Waals surface area contributed by atoms with Crippen LogP contribution in [0.15, 0.2) is 0 Å². The molecule has 0 heterocycles. The van der Waals surface area contributed by atoms with E-state index in [-0.39, 0.29) is 0 Å². The van der Waals surface area contributed by atoms with Gasteiger partial charge in [0.25, 0.3) is 0 Å². The summed E-state index contributed by atoms with van der Waals surface area (Å²) in [6, 6.07) is 0. The largest absolute Gasteiger partial charge is 0.513 e. The van der Waals surface area contributed by atoms with Crippen LogP contribution in [-0.4, -0.2) is 29.9 Å². The van der Waals surface area contributed by atoms with Crippen molar-refractivity contribution in [2.75, 3.05) is 0 Å². The van der Waals surface area contributed by atoms with Gasteiger partial charge in [-0.2, -0.15) is 9.78 Å². The molecule has 2 atom stereocenters. The zero-order valence-electron chi connectivity index (χ0n) is 19.2. The lowest BCUT2D eigenvalue weighted by molar-refractivity contribution is -0.420. The molecule has 0 aliphatic carbocycles. The van der Waals surface area contributed by atoms with Crippen LogP contribution in [-0.2, 0) is 29.0 Å². The summed E-state index contributed by atoms with van der Waals surface area (Å²) in [6.45, 7) is 15.1. The van der Waals surface area contributed by atoms with Gasteiger partial charge in [-0.25, -0.2) is 14.6 Å². The maximum absolute atomic E-state index is 11.8. The maximum atomic E-state index is 11.8. The van der Waals surface area contributed by atoms with Gasteiger partial charge >= 0.3 is 6.16 Å². The molecule has 0 fully saturated rings. The highest BCUT2D eigenvalue weighted by molar-refractivity contribution is 5.60. The van der Waals surface area contributed by atoms with Gasteiger partial charge < -0.3 is 9.47 Å². The van der Waals surface area contributed by atoms with Crippen LogP contribution in [0.5, 0.6) is 0 Å². The van der Waals surface area contributed by atoms with Gasteiger partial charge in [-0.05, 0) is 40.5 Å². The predicted octanol–water partition coefficient (Wildman–Crippen LogP) is 6.45. The fourth-order valence-electron chi connectivity index (χ4n) is 2.42. The fraction of sp³-hybridized carbons (Fsp3) is 0.952. The molecule has 2 unspecified atom stereocenters. The molecule has 0 spiro atoms. The second-order valence-corrected chi connectivity index (χ2v) is 8.41. The average molecular weight is 407 g/mol. The van der Waals surface area contributed by atoms with Crippen LogP contribution < -0.4 is 0 Å². The molecule has 7 nitrogen and oxygen atoms in total. The van der Waals surface area contributed by atoms with Gasteiger partial charge in [0.15, 0.2) is 0 Å². The number of carbonyl (C=O) groups excluding carboxylic acids is 1. The molecule has 168 valence electrons. The van der Waals surface area contributed by atoms with Crippen LogP contribution in [0.25, 0.3) is 0 Å². The van der Waals surface area contributed by atoms with Crippen molar-refractivity contribution in [2.45, 2.75) is 131 Å². The van der Waals surface area contributed by atoms with Crippen LogP contribution in [0, 0.1) is 0 Å². The Kier molecular flexibility index (Phi) is 13.7. The third-order valence-electron chi connectivity index (χ3n) is 4.11. The molecule has 28 heavy (non-hydrogen) atoms. The lowest BCUT2D eigenvalue weighted by Crippen LogP contribution is -2.31. The Morgan fingerprint density at radius 2 is 1.07 bits per heavy atom. The topological polar surface area (TPSA) is 72.5 Å². The van der Waals surface area contributed by atoms with Gasteiger partial charge in [0.1, 0.15) is 0 Å². The van der Waals surface area contributed by atoms with Gasteiger partial charge in [0.2, 0.25) is 12.6 Å². The first-order valence-corrected chi connectivity index (χ1v) is 10.6. The van der Waals surface area contributed by atoms with Gasteiger partial charge in [-0.3, -0.25) is 0 Å². The number of rotatable bonds is 16. The van der Waals surface area contributed by atoms with E-state index in [2.05, 4.69) is 13.8 Å². The number of hydrogen-bond acceptors (Lipinski definition) is 7. The Morgan fingerprint density at radius 1 is 0.714 bits per heavy atom. The maximum Gasteiger partial charge on any atom is 0.513 e. The molecular weight excluding hydrogens is 364 g/mol. The van der Waals surface area contributed by atoms with Crippen LogP contribution >= 0.6 is 0 Å². The second kappa shape index (κ2) is 14.1. The summed E-state index contributed by atoms with van der Waals surface area (Å²) in [5.74, 6) is 0. The van der Waals surface area contributed by atoms with Crippen molar-refractivity contribution in [1.82, 2.24) is 0 Å². The molecule has 0 aromatic carbocycles. The predicted molar refractivity (Wildman–Crippen MR) is 107 cm³/mol. The van der Waals surface area contributed by atoms with Crippen LogP contribution in [0.2, 0.25) is 0 Å². The monoisotopic (exact) mass is 406 g/mol. The quantitative estimate of drug-likeness (QED) is 0.0959. The van der Waals surface area contributed by atoms with E-state index >= 15 is 0 Å². The first kappa shape index (κ1) is 27.1. The van der Waals surface area contributed by atoms with Crippen molar-refractivity contribution in [1.29, 1.82) is 0 Å². The molecule has 0 amide bonds. The lowest BCUT2D eigenvalue weighted by Gasteiger charge is -2.26. The normalized spacial score (nSPS) is 14.6. The zero-order valence-corrected chi connectivity index (χ0v) is 19.2. The van der Waals surface area contributed by atoms with E-state index in [0.29, 0.717) is 0 Å². The third kappa shape index (κ3) is 15.1. The zero-order chi connectivity index (χ0) is 21.6. The van der Waals surface area contributed by atoms with E-state index < -0.39 is 29.9 Å². The molecule has 0 aliphatic rings. The SMILES string of the molecule is CCCCCC(C)(C)OOC(C)OC(=O)OC(C)OOC(C)(C)CCCCC. The molecular formula is C21H42O7. The van der Waals surface area contributed by atoms with Crippen molar-refractivity contribution >= 4 is 6.16 Å². The summed E-state index contributed by atoms with van der Waals surface area (Å²) >= 11 is 0. The van der Waals surface area contributed by atoms with Crippen molar-refractivity contribution < 1.29 is 33.8 Å². The molecule has 7 heteroatoms. The fourth-order valence-corrected chi connectivity index (χ4v) is 2.42. The van der Waals surface area contributed by atoms with E-state index in [9.17, 15) is 4.79 Å². The molecule has 0 aliphatic heterocycles. The lowest BCUT2D eigenvalue weighted by atomic mass is 10.0. The van der Waals surface area contributed by atoms with Crippen molar-refractivity contribution in [3.8, 4) is 0 Å². The van der Waals surface area contributed by atoms with Crippen LogP contribution in [0.3, 0.4) is 0 Å². The van der Waals surface area contributed by atoms with Crippen LogP contribution in [0.1, 0.15) is 107 Å². The van der Waals surface area contributed by atoms with E-state index in [1.54, 1.807) is 13.8 Å². The minimum Gasteiger partial charge on any atom is -0.402 e. The molecule has 0 aromatic rings. The van der Waals surface area contributed by atoms with Crippen molar-refractivity contribution in [3.05, 3.63) is 0 Å². The number of ether oxygens (including phenoxy) is 2. The Labute approximate surface area is 171 Å². The Bertz CT molecular complexity index is 374. The average Bonchev–Trinajstić information content (AvgIpc) is 2.59. The molecule has 0 N–H and O–H groups in total. The number of unbranched alkanes of at least 4 members (excludes halogenated alkanes) is 4. The third-order valence-corrected chi connectivity index (χ3v) is 4.11. The summed E-state index contributed by atoms with van der Waals surface area (Å²) in [7, 11) is 0. The minimum atomic E-state index is -0.917. The van der Waals surface area contributed by atoms with Gasteiger partial charge in [0.05, 0.1) is 11.2 Å².